The lowest BCUT2D eigenvalue weighted by atomic mass is 9.74. The number of carboxylic acids is 1. The van der Waals surface area contributed by atoms with E-state index in [0.717, 1.165) is 11.3 Å². The minimum atomic E-state index is -0.736. The molecule has 0 atom stereocenters. The Morgan fingerprint density at radius 2 is 1.83 bits per heavy atom. The molecular weight excluding hydrogens is 306 g/mol. The van der Waals surface area contributed by atoms with E-state index in [1.165, 1.54) is 0 Å². The first-order valence-electron chi connectivity index (χ1n) is 8.01. The lowest BCUT2D eigenvalue weighted by Gasteiger charge is -2.39. The molecule has 6 nitrogen and oxygen atoms in total. The van der Waals surface area contributed by atoms with Crippen molar-refractivity contribution < 1.29 is 14.6 Å². The molecule has 0 spiro atoms. The van der Waals surface area contributed by atoms with E-state index in [4.69, 9.17) is 4.74 Å². The maximum atomic E-state index is 12.0. The van der Waals surface area contributed by atoms with Crippen molar-refractivity contribution in [2.75, 3.05) is 25.1 Å². The van der Waals surface area contributed by atoms with Gasteiger partial charge in [-0.1, -0.05) is 12.1 Å². The molecule has 126 valence electrons. The number of methoxy groups -OCH3 is 1. The first kappa shape index (κ1) is 16.2. The molecule has 2 heterocycles. The molecule has 0 saturated carbocycles. The van der Waals surface area contributed by atoms with E-state index in [0.29, 0.717) is 38.3 Å². The molecule has 0 bridgehead atoms. The maximum Gasteiger partial charge on any atom is 0.310 e. The van der Waals surface area contributed by atoms with Gasteiger partial charge in [0, 0.05) is 25.5 Å². The van der Waals surface area contributed by atoms with E-state index in [9.17, 15) is 9.90 Å². The van der Waals surface area contributed by atoms with Crippen LogP contribution in [0.2, 0.25) is 0 Å². The fourth-order valence-electron chi connectivity index (χ4n) is 3.19. The Labute approximate surface area is 141 Å². The van der Waals surface area contributed by atoms with Crippen LogP contribution in [0.25, 0.3) is 0 Å². The number of aliphatic carboxylic acids is 1. The van der Waals surface area contributed by atoms with Crippen molar-refractivity contribution in [3.8, 4) is 5.75 Å². The number of hydrogen-bond donors (Lipinski definition) is 1. The summed E-state index contributed by atoms with van der Waals surface area (Å²) in [6.45, 7) is 1.29. The van der Waals surface area contributed by atoms with Gasteiger partial charge >= 0.3 is 5.97 Å². The highest BCUT2D eigenvalue weighted by molar-refractivity contribution is 5.75. The monoisotopic (exact) mass is 327 g/mol. The van der Waals surface area contributed by atoms with E-state index in [1.807, 2.05) is 24.3 Å². The number of hydrogen-bond acceptors (Lipinski definition) is 5. The SMILES string of the molecule is COc1ccc(CC2(C(=O)O)CCN(c3ncccn3)CC2)cc1. The van der Waals surface area contributed by atoms with E-state index in [2.05, 4.69) is 14.9 Å². The molecule has 0 unspecified atom stereocenters. The number of nitrogens with zero attached hydrogens (tertiary/aromatic N) is 3. The van der Waals surface area contributed by atoms with Crippen LogP contribution >= 0.6 is 0 Å². The fraction of sp³-hybridized carbons (Fsp3) is 0.389. The predicted octanol–water partition coefficient (Wildman–Crippen LogP) is 2.40. The van der Waals surface area contributed by atoms with Crippen LogP contribution in [-0.4, -0.2) is 41.2 Å². The summed E-state index contributed by atoms with van der Waals surface area (Å²) in [6.07, 6.45) is 5.09. The molecule has 1 fully saturated rings. The molecule has 1 N–H and O–H groups in total. The van der Waals surface area contributed by atoms with Crippen LogP contribution in [-0.2, 0) is 11.2 Å². The van der Waals surface area contributed by atoms with Crippen molar-refractivity contribution in [2.45, 2.75) is 19.3 Å². The van der Waals surface area contributed by atoms with Crippen LogP contribution in [0.5, 0.6) is 5.75 Å². The highest BCUT2D eigenvalue weighted by Crippen LogP contribution is 2.36. The van der Waals surface area contributed by atoms with Crippen LogP contribution in [0, 0.1) is 5.41 Å². The lowest BCUT2D eigenvalue weighted by Crippen LogP contribution is -2.46. The van der Waals surface area contributed by atoms with Crippen molar-refractivity contribution in [3.05, 3.63) is 48.3 Å². The summed E-state index contributed by atoms with van der Waals surface area (Å²) in [5.41, 5.74) is 0.280. The quantitative estimate of drug-likeness (QED) is 0.909. The number of ether oxygens (including phenoxy) is 1. The largest absolute Gasteiger partial charge is 0.497 e. The van der Waals surface area contributed by atoms with Gasteiger partial charge in [-0.05, 0) is 43.0 Å². The van der Waals surface area contributed by atoms with E-state index < -0.39 is 11.4 Å². The number of aromatic nitrogens is 2. The minimum Gasteiger partial charge on any atom is -0.497 e. The molecule has 1 aliphatic rings. The van der Waals surface area contributed by atoms with E-state index in [1.54, 1.807) is 25.6 Å². The Bertz CT molecular complexity index is 680. The van der Waals surface area contributed by atoms with Gasteiger partial charge in [0.05, 0.1) is 12.5 Å². The van der Waals surface area contributed by atoms with Crippen molar-refractivity contribution in [1.82, 2.24) is 9.97 Å². The van der Waals surface area contributed by atoms with Gasteiger partial charge in [-0.3, -0.25) is 4.79 Å². The number of anilines is 1. The molecule has 1 aliphatic heterocycles. The standard InChI is InChI=1S/C18H21N3O3/c1-24-15-5-3-14(4-6-15)13-18(16(22)23)7-11-21(12-8-18)17-19-9-2-10-20-17/h2-6,9-10H,7-8,11-13H2,1H3,(H,22,23). The van der Waals surface area contributed by atoms with Gasteiger partial charge in [0.25, 0.3) is 0 Å². The van der Waals surface area contributed by atoms with Crippen LogP contribution in [0.1, 0.15) is 18.4 Å². The minimum absolute atomic E-state index is 0.524. The second-order valence-corrected chi connectivity index (χ2v) is 6.15. The molecule has 1 aromatic carbocycles. The first-order valence-corrected chi connectivity index (χ1v) is 8.01. The van der Waals surface area contributed by atoms with E-state index >= 15 is 0 Å². The van der Waals surface area contributed by atoms with Gasteiger partial charge in [0.1, 0.15) is 5.75 Å². The van der Waals surface area contributed by atoms with Gasteiger partial charge in [-0.2, -0.15) is 0 Å². The Hall–Kier alpha value is -2.63. The normalized spacial score (nSPS) is 16.6. The lowest BCUT2D eigenvalue weighted by molar-refractivity contribution is -0.150. The zero-order chi connectivity index (χ0) is 17.0. The summed E-state index contributed by atoms with van der Waals surface area (Å²) >= 11 is 0. The number of rotatable bonds is 5. The first-order chi connectivity index (χ1) is 11.6. The molecular formula is C18H21N3O3. The maximum absolute atomic E-state index is 12.0. The number of benzene rings is 1. The highest BCUT2D eigenvalue weighted by atomic mass is 16.5. The van der Waals surface area contributed by atoms with Crippen LogP contribution < -0.4 is 9.64 Å². The van der Waals surface area contributed by atoms with Crippen LogP contribution in [0.4, 0.5) is 5.95 Å². The molecule has 0 amide bonds. The Morgan fingerprint density at radius 1 is 1.21 bits per heavy atom. The number of carboxylic acid groups (broad SMARTS) is 1. The number of carbonyl (C=O) groups is 1. The average Bonchev–Trinajstić information content (AvgIpc) is 2.63. The smallest absolute Gasteiger partial charge is 0.310 e. The van der Waals surface area contributed by atoms with Gasteiger partial charge in [-0.25, -0.2) is 9.97 Å². The topological polar surface area (TPSA) is 75.6 Å². The Morgan fingerprint density at radius 3 is 2.38 bits per heavy atom. The summed E-state index contributed by atoms with van der Waals surface area (Å²) < 4.78 is 5.16. The van der Waals surface area contributed by atoms with Gasteiger partial charge in [0.2, 0.25) is 5.95 Å². The highest BCUT2D eigenvalue weighted by Gasteiger charge is 2.42. The third-order valence-corrected chi connectivity index (χ3v) is 4.71. The molecule has 24 heavy (non-hydrogen) atoms. The van der Waals surface area contributed by atoms with Gasteiger partial charge in [-0.15, -0.1) is 0 Å². The molecule has 1 saturated heterocycles. The van der Waals surface area contributed by atoms with Crippen molar-refractivity contribution in [1.29, 1.82) is 0 Å². The number of piperidine rings is 1. The average molecular weight is 327 g/mol. The fourth-order valence-corrected chi connectivity index (χ4v) is 3.19. The zero-order valence-corrected chi connectivity index (χ0v) is 13.7. The van der Waals surface area contributed by atoms with Crippen molar-refractivity contribution >= 4 is 11.9 Å². The van der Waals surface area contributed by atoms with E-state index in [-0.39, 0.29) is 0 Å². The summed E-state index contributed by atoms with van der Waals surface area (Å²) in [5, 5.41) is 9.83. The van der Waals surface area contributed by atoms with Crippen LogP contribution in [0.15, 0.2) is 42.7 Å². The van der Waals surface area contributed by atoms with Gasteiger partial charge < -0.3 is 14.7 Å². The van der Waals surface area contributed by atoms with Gasteiger partial charge in [0.15, 0.2) is 0 Å². The summed E-state index contributed by atoms with van der Waals surface area (Å²) in [7, 11) is 1.62. The van der Waals surface area contributed by atoms with Crippen molar-refractivity contribution in [3.63, 3.8) is 0 Å². The molecule has 3 rings (SSSR count). The summed E-state index contributed by atoms with van der Waals surface area (Å²) in [5.74, 6) is 0.715. The third-order valence-electron chi connectivity index (χ3n) is 4.71. The van der Waals surface area contributed by atoms with Crippen molar-refractivity contribution in [2.24, 2.45) is 5.41 Å². The molecule has 0 aliphatic carbocycles. The zero-order valence-electron chi connectivity index (χ0n) is 13.7. The predicted molar refractivity (Wildman–Crippen MR) is 90.2 cm³/mol. The van der Waals surface area contributed by atoms with Crippen LogP contribution in [0.3, 0.4) is 0 Å². The molecule has 0 radical (unpaired) electrons. The Kier molecular flexibility index (Phi) is 4.64. The molecule has 6 heteroatoms. The summed E-state index contributed by atoms with van der Waals surface area (Å²) in [4.78, 5) is 22.5. The second kappa shape index (κ2) is 6.86. The summed E-state index contributed by atoms with van der Waals surface area (Å²) in [6, 6.07) is 9.40. The Balaban J connectivity index is 1.72. The molecule has 2 aromatic rings. The third kappa shape index (κ3) is 3.32. The molecule has 1 aromatic heterocycles. The second-order valence-electron chi connectivity index (χ2n) is 6.15.